The first-order valence-corrected chi connectivity index (χ1v) is 10.7. The lowest BCUT2D eigenvalue weighted by atomic mass is 10.0. The molecule has 160 valence electrons. The van der Waals surface area contributed by atoms with Gasteiger partial charge in [-0.15, -0.1) is 0 Å². The maximum Gasteiger partial charge on any atom is 0.227 e. The van der Waals surface area contributed by atoms with Crippen LogP contribution in [0.15, 0.2) is 54.7 Å². The van der Waals surface area contributed by atoms with Crippen molar-refractivity contribution in [2.24, 2.45) is 0 Å². The van der Waals surface area contributed by atoms with E-state index in [0.717, 1.165) is 46.9 Å². The smallest absolute Gasteiger partial charge is 0.227 e. The second kappa shape index (κ2) is 7.85. The maximum absolute atomic E-state index is 13.0. The van der Waals surface area contributed by atoms with Gasteiger partial charge in [0.2, 0.25) is 5.91 Å². The molecule has 0 aliphatic carbocycles. The highest BCUT2D eigenvalue weighted by molar-refractivity contribution is 5.79. The standard InChI is InChI=1S/C25H27N3O3/c1-18-5-3-4-6-20(18)13-24(29)27-12-11-25(16-27)17-28-22(14-26-23(28)15-31-25)19-7-9-21(30-2)10-8-19/h3-10,14H,11-13,15-17H2,1-2H3. The van der Waals surface area contributed by atoms with Crippen molar-refractivity contribution in [1.82, 2.24) is 14.5 Å². The summed E-state index contributed by atoms with van der Waals surface area (Å²) in [6.45, 7) is 4.58. The van der Waals surface area contributed by atoms with Crippen LogP contribution in [0.3, 0.4) is 0 Å². The number of fused-ring (bicyclic) bond motifs is 1. The second-order valence-electron chi connectivity index (χ2n) is 8.51. The van der Waals surface area contributed by atoms with Crippen LogP contribution in [0.4, 0.5) is 0 Å². The van der Waals surface area contributed by atoms with Crippen LogP contribution in [0, 0.1) is 6.92 Å². The van der Waals surface area contributed by atoms with Crippen LogP contribution in [0.2, 0.25) is 0 Å². The molecule has 2 aliphatic heterocycles. The Morgan fingerprint density at radius 3 is 2.74 bits per heavy atom. The third kappa shape index (κ3) is 3.72. The molecule has 0 N–H and O–H groups in total. The van der Waals surface area contributed by atoms with Gasteiger partial charge in [-0.25, -0.2) is 4.98 Å². The van der Waals surface area contributed by atoms with Crippen LogP contribution in [-0.4, -0.2) is 46.2 Å². The molecule has 1 aromatic heterocycles. The summed E-state index contributed by atoms with van der Waals surface area (Å²) in [5.41, 5.74) is 4.07. The fourth-order valence-electron chi connectivity index (χ4n) is 4.64. The Morgan fingerprint density at radius 2 is 1.97 bits per heavy atom. The largest absolute Gasteiger partial charge is 0.497 e. The Hall–Kier alpha value is -3.12. The minimum Gasteiger partial charge on any atom is -0.497 e. The number of benzene rings is 2. The molecule has 5 rings (SSSR count). The fraction of sp³-hybridized carbons (Fsp3) is 0.360. The van der Waals surface area contributed by atoms with Crippen molar-refractivity contribution in [3.63, 3.8) is 0 Å². The number of likely N-dealkylation sites (tertiary alicyclic amines) is 1. The molecule has 0 saturated carbocycles. The van der Waals surface area contributed by atoms with Gasteiger partial charge in [0.15, 0.2) is 0 Å². The van der Waals surface area contributed by atoms with E-state index >= 15 is 0 Å². The summed E-state index contributed by atoms with van der Waals surface area (Å²) in [4.78, 5) is 19.5. The van der Waals surface area contributed by atoms with Gasteiger partial charge < -0.3 is 18.9 Å². The molecule has 2 aromatic carbocycles. The van der Waals surface area contributed by atoms with E-state index in [1.807, 2.05) is 41.4 Å². The number of imidazole rings is 1. The number of aryl methyl sites for hydroxylation is 1. The summed E-state index contributed by atoms with van der Waals surface area (Å²) in [5, 5.41) is 0. The number of methoxy groups -OCH3 is 1. The second-order valence-corrected chi connectivity index (χ2v) is 8.51. The summed E-state index contributed by atoms with van der Waals surface area (Å²) in [7, 11) is 1.67. The lowest BCUT2D eigenvalue weighted by Gasteiger charge is -2.35. The van der Waals surface area contributed by atoms with Gasteiger partial charge in [0.25, 0.3) is 0 Å². The van der Waals surface area contributed by atoms with Crippen LogP contribution in [-0.2, 0) is 29.1 Å². The first-order chi connectivity index (χ1) is 15.1. The summed E-state index contributed by atoms with van der Waals surface area (Å²) >= 11 is 0. The molecule has 1 amide bonds. The molecule has 1 atom stereocenters. The van der Waals surface area contributed by atoms with Crippen molar-refractivity contribution in [2.75, 3.05) is 20.2 Å². The minimum absolute atomic E-state index is 0.168. The van der Waals surface area contributed by atoms with Gasteiger partial charge >= 0.3 is 0 Å². The van der Waals surface area contributed by atoms with Gasteiger partial charge in [0.05, 0.1) is 38.5 Å². The van der Waals surface area contributed by atoms with Crippen molar-refractivity contribution in [2.45, 2.75) is 38.5 Å². The number of rotatable bonds is 4. The van der Waals surface area contributed by atoms with E-state index in [1.54, 1.807) is 7.11 Å². The number of carbonyl (C=O) groups is 1. The van der Waals surface area contributed by atoms with Gasteiger partial charge in [-0.2, -0.15) is 0 Å². The highest BCUT2D eigenvalue weighted by Gasteiger charge is 2.44. The zero-order valence-corrected chi connectivity index (χ0v) is 18.0. The van der Waals surface area contributed by atoms with Gasteiger partial charge in [0, 0.05) is 12.1 Å². The number of carbonyl (C=O) groups excluding carboxylic acids is 1. The van der Waals surface area contributed by atoms with Gasteiger partial charge in [-0.3, -0.25) is 4.79 Å². The summed E-state index contributed by atoms with van der Waals surface area (Å²) < 4.78 is 13.8. The predicted molar refractivity (Wildman–Crippen MR) is 118 cm³/mol. The molecular formula is C25H27N3O3. The Morgan fingerprint density at radius 1 is 1.16 bits per heavy atom. The zero-order chi connectivity index (χ0) is 21.4. The first-order valence-electron chi connectivity index (χ1n) is 10.7. The van der Waals surface area contributed by atoms with E-state index in [1.165, 1.54) is 0 Å². The predicted octanol–water partition coefficient (Wildman–Crippen LogP) is 3.61. The molecule has 1 saturated heterocycles. The molecule has 0 radical (unpaired) electrons. The molecule has 3 heterocycles. The summed E-state index contributed by atoms with van der Waals surface area (Å²) in [6, 6.07) is 16.1. The van der Waals surface area contributed by atoms with Crippen LogP contribution in [0.5, 0.6) is 5.75 Å². The molecule has 6 heteroatoms. The zero-order valence-electron chi connectivity index (χ0n) is 18.0. The van der Waals surface area contributed by atoms with Crippen molar-refractivity contribution >= 4 is 5.91 Å². The average Bonchev–Trinajstić information content (AvgIpc) is 3.40. The van der Waals surface area contributed by atoms with Crippen LogP contribution < -0.4 is 4.74 Å². The lowest BCUT2D eigenvalue weighted by Crippen LogP contribution is -2.45. The molecule has 31 heavy (non-hydrogen) atoms. The van der Waals surface area contributed by atoms with Gasteiger partial charge in [0.1, 0.15) is 23.8 Å². The van der Waals surface area contributed by atoms with E-state index < -0.39 is 0 Å². The number of ether oxygens (including phenoxy) is 2. The Balaban J connectivity index is 1.33. The van der Waals surface area contributed by atoms with E-state index in [2.05, 4.69) is 34.7 Å². The van der Waals surface area contributed by atoms with Gasteiger partial charge in [-0.05, 0) is 48.7 Å². The molecule has 1 unspecified atom stereocenters. The third-order valence-corrected chi connectivity index (χ3v) is 6.55. The Bertz CT molecular complexity index is 1110. The Labute approximate surface area is 182 Å². The van der Waals surface area contributed by atoms with E-state index in [9.17, 15) is 4.79 Å². The fourth-order valence-corrected chi connectivity index (χ4v) is 4.64. The van der Waals surface area contributed by atoms with E-state index in [4.69, 9.17) is 9.47 Å². The van der Waals surface area contributed by atoms with Crippen LogP contribution in [0.25, 0.3) is 11.3 Å². The van der Waals surface area contributed by atoms with Crippen LogP contribution >= 0.6 is 0 Å². The average molecular weight is 418 g/mol. The third-order valence-electron chi connectivity index (χ3n) is 6.55. The number of amides is 1. The lowest BCUT2D eigenvalue weighted by molar-refractivity contribution is -0.132. The van der Waals surface area contributed by atoms with Crippen molar-refractivity contribution in [3.05, 3.63) is 71.7 Å². The minimum atomic E-state index is -0.351. The molecule has 2 aliphatic rings. The summed E-state index contributed by atoms with van der Waals surface area (Å²) in [5.74, 6) is 1.93. The molecular weight excluding hydrogens is 390 g/mol. The topological polar surface area (TPSA) is 56.6 Å². The van der Waals surface area contributed by atoms with E-state index in [-0.39, 0.29) is 11.5 Å². The van der Waals surface area contributed by atoms with Crippen molar-refractivity contribution in [3.8, 4) is 17.0 Å². The highest BCUT2D eigenvalue weighted by Crippen LogP contribution is 2.35. The molecule has 6 nitrogen and oxygen atoms in total. The van der Waals surface area contributed by atoms with Crippen molar-refractivity contribution < 1.29 is 14.3 Å². The quantitative estimate of drug-likeness (QED) is 0.651. The van der Waals surface area contributed by atoms with Gasteiger partial charge in [-0.1, -0.05) is 24.3 Å². The highest BCUT2D eigenvalue weighted by atomic mass is 16.5. The summed E-state index contributed by atoms with van der Waals surface area (Å²) in [6.07, 6.45) is 3.19. The maximum atomic E-state index is 13.0. The molecule has 3 aromatic rings. The Kier molecular flexibility index (Phi) is 5.02. The molecule has 0 bridgehead atoms. The number of aromatic nitrogens is 2. The van der Waals surface area contributed by atoms with E-state index in [0.29, 0.717) is 26.1 Å². The van der Waals surface area contributed by atoms with Crippen molar-refractivity contribution in [1.29, 1.82) is 0 Å². The normalized spacial score (nSPS) is 20.1. The number of nitrogens with zero attached hydrogens (tertiary/aromatic N) is 3. The first kappa shape index (κ1) is 19.8. The molecule has 1 spiro atoms. The molecule has 1 fully saturated rings. The monoisotopic (exact) mass is 417 g/mol. The SMILES string of the molecule is COc1ccc(-c2cnc3n2CC2(CCN(C(=O)Cc4ccccc4C)C2)OC3)cc1. The number of hydrogen-bond acceptors (Lipinski definition) is 4. The van der Waals surface area contributed by atoms with Crippen LogP contribution in [0.1, 0.15) is 23.4 Å². The number of hydrogen-bond donors (Lipinski definition) is 0.